The van der Waals surface area contributed by atoms with Gasteiger partial charge in [0.25, 0.3) is 0 Å². The molecule has 118 valence electrons. The molecule has 1 aromatic carbocycles. The minimum Gasteiger partial charge on any atom is -0.330 e. The van der Waals surface area contributed by atoms with E-state index in [9.17, 15) is 13.2 Å². The van der Waals surface area contributed by atoms with Crippen molar-refractivity contribution in [3.05, 3.63) is 29.8 Å². The Labute approximate surface area is 130 Å². The third-order valence-electron chi connectivity index (χ3n) is 3.34. The molecule has 7 heteroatoms. The Morgan fingerprint density at radius 1 is 1.29 bits per heavy atom. The van der Waals surface area contributed by atoms with Gasteiger partial charge in [0, 0.05) is 0 Å². The van der Waals surface area contributed by atoms with Crippen LogP contribution in [0.4, 0.5) is 0 Å². The summed E-state index contributed by atoms with van der Waals surface area (Å²) in [4.78, 5) is 11.7. The fourth-order valence-electron chi connectivity index (χ4n) is 2.02. The molecular weight excluding hydrogens is 312 g/mol. The summed E-state index contributed by atoms with van der Waals surface area (Å²) in [7, 11) is -3.57. The van der Waals surface area contributed by atoms with Crippen molar-refractivity contribution in [1.29, 1.82) is 0 Å². The Morgan fingerprint density at radius 3 is 2.33 bits per heavy atom. The van der Waals surface area contributed by atoms with E-state index >= 15 is 0 Å². The molecule has 1 rings (SSSR count). The van der Waals surface area contributed by atoms with Gasteiger partial charge in [0.2, 0.25) is 0 Å². The van der Waals surface area contributed by atoms with E-state index in [-0.39, 0.29) is 35.9 Å². The SMILES string of the molecule is Cc1ccc(S(=O)(=O)C(CCN)C[C@H](N)C(=O)CCl)cc1. The van der Waals surface area contributed by atoms with Gasteiger partial charge in [0.05, 0.1) is 22.1 Å². The molecule has 1 aromatic rings. The van der Waals surface area contributed by atoms with Crippen LogP contribution < -0.4 is 11.5 Å². The van der Waals surface area contributed by atoms with Gasteiger partial charge in [-0.1, -0.05) is 17.7 Å². The molecule has 1 unspecified atom stereocenters. The number of rotatable bonds is 8. The normalized spacial score (nSPS) is 14.7. The van der Waals surface area contributed by atoms with E-state index in [4.69, 9.17) is 23.1 Å². The standard InChI is InChI=1S/C14H21ClN2O3S/c1-10-2-4-11(5-3-10)21(19,20)12(6-7-16)8-13(17)14(18)9-15/h2-5,12-13H,6-9,16-17H2,1H3/t12?,13-/m0/s1. The molecule has 0 aliphatic heterocycles. The van der Waals surface area contributed by atoms with Crippen LogP contribution in [0, 0.1) is 6.92 Å². The zero-order valence-corrected chi connectivity index (χ0v) is 13.5. The second-order valence-corrected chi connectivity index (χ2v) is 7.49. The number of hydrogen-bond donors (Lipinski definition) is 2. The second kappa shape index (κ2) is 7.89. The first-order valence-electron chi connectivity index (χ1n) is 6.67. The Kier molecular flexibility index (Phi) is 6.80. The van der Waals surface area contributed by atoms with Gasteiger partial charge in [-0.05, 0) is 38.4 Å². The van der Waals surface area contributed by atoms with Crippen molar-refractivity contribution in [2.75, 3.05) is 12.4 Å². The lowest BCUT2D eigenvalue weighted by molar-refractivity contribution is -0.118. The van der Waals surface area contributed by atoms with Gasteiger partial charge in [-0.15, -0.1) is 11.6 Å². The highest BCUT2D eigenvalue weighted by molar-refractivity contribution is 7.92. The van der Waals surface area contributed by atoms with Gasteiger partial charge in [-0.3, -0.25) is 4.79 Å². The van der Waals surface area contributed by atoms with Crippen LogP contribution in [0.1, 0.15) is 18.4 Å². The lowest BCUT2D eigenvalue weighted by Crippen LogP contribution is -2.38. The molecule has 21 heavy (non-hydrogen) atoms. The summed E-state index contributed by atoms with van der Waals surface area (Å²) in [5.74, 6) is -0.584. The van der Waals surface area contributed by atoms with E-state index < -0.39 is 21.1 Å². The van der Waals surface area contributed by atoms with E-state index in [1.54, 1.807) is 24.3 Å². The van der Waals surface area contributed by atoms with E-state index in [1.165, 1.54) is 0 Å². The molecule has 4 N–H and O–H groups in total. The van der Waals surface area contributed by atoms with Crippen LogP contribution in [0.2, 0.25) is 0 Å². The van der Waals surface area contributed by atoms with E-state index in [0.29, 0.717) is 0 Å². The molecule has 0 amide bonds. The van der Waals surface area contributed by atoms with Gasteiger partial charge < -0.3 is 11.5 Å². The highest BCUT2D eigenvalue weighted by atomic mass is 35.5. The van der Waals surface area contributed by atoms with Crippen LogP contribution in [-0.4, -0.2) is 37.9 Å². The number of carbonyl (C=O) groups is 1. The highest BCUT2D eigenvalue weighted by Gasteiger charge is 2.30. The summed E-state index contributed by atoms with van der Waals surface area (Å²) in [5.41, 5.74) is 12.2. The average molecular weight is 333 g/mol. The Hall–Kier alpha value is -0.950. The lowest BCUT2D eigenvalue weighted by atomic mass is 10.1. The molecule has 0 fully saturated rings. The monoisotopic (exact) mass is 332 g/mol. The third-order valence-corrected chi connectivity index (χ3v) is 5.84. The maximum atomic E-state index is 12.6. The molecule has 0 bridgehead atoms. The first-order valence-corrected chi connectivity index (χ1v) is 8.76. The first-order chi connectivity index (χ1) is 9.82. The first kappa shape index (κ1) is 18.1. The zero-order chi connectivity index (χ0) is 16.0. The number of halogens is 1. The number of nitrogens with two attached hydrogens (primary N) is 2. The van der Waals surface area contributed by atoms with Gasteiger partial charge in [-0.25, -0.2) is 8.42 Å². The van der Waals surface area contributed by atoms with Gasteiger partial charge in [0.1, 0.15) is 0 Å². The topological polar surface area (TPSA) is 103 Å². The number of hydrogen-bond acceptors (Lipinski definition) is 5. The number of Topliss-reactive ketones (excluding diaryl/α,β-unsaturated/α-hetero) is 1. The Morgan fingerprint density at radius 2 is 1.86 bits per heavy atom. The fourth-order valence-corrected chi connectivity index (χ4v) is 4.03. The molecule has 0 heterocycles. The van der Waals surface area contributed by atoms with Crippen molar-refractivity contribution in [3.63, 3.8) is 0 Å². The predicted octanol–water partition coefficient (Wildman–Crippen LogP) is 1.01. The summed E-state index contributed by atoms with van der Waals surface area (Å²) in [5, 5.41) is -0.785. The predicted molar refractivity (Wildman–Crippen MR) is 84.1 cm³/mol. The van der Waals surface area contributed by atoms with Crippen molar-refractivity contribution < 1.29 is 13.2 Å². The molecule has 0 radical (unpaired) electrons. The van der Waals surface area contributed by atoms with E-state index in [1.807, 2.05) is 6.92 Å². The highest BCUT2D eigenvalue weighted by Crippen LogP contribution is 2.22. The Balaban J connectivity index is 3.03. The smallest absolute Gasteiger partial charge is 0.181 e. The largest absolute Gasteiger partial charge is 0.330 e. The Bertz CT molecular complexity index is 572. The number of sulfone groups is 1. The molecule has 0 spiro atoms. The van der Waals surface area contributed by atoms with Crippen molar-refractivity contribution in [1.82, 2.24) is 0 Å². The fraction of sp³-hybridized carbons (Fsp3) is 0.500. The molecule has 0 aromatic heterocycles. The molecule has 2 atom stereocenters. The van der Waals surface area contributed by atoms with Crippen LogP contribution in [0.25, 0.3) is 0 Å². The van der Waals surface area contributed by atoms with Crippen LogP contribution in [-0.2, 0) is 14.6 Å². The van der Waals surface area contributed by atoms with Crippen LogP contribution in [0.3, 0.4) is 0 Å². The van der Waals surface area contributed by atoms with Crippen LogP contribution in [0.15, 0.2) is 29.2 Å². The van der Waals surface area contributed by atoms with Crippen molar-refractivity contribution in [2.45, 2.75) is 36.0 Å². The maximum Gasteiger partial charge on any atom is 0.181 e. The quantitative estimate of drug-likeness (QED) is 0.691. The number of ketones is 1. The van der Waals surface area contributed by atoms with Crippen molar-refractivity contribution >= 4 is 27.2 Å². The summed E-state index contributed by atoms with van der Waals surface area (Å²) >= 11 is 5.45. The summed E-state index contributed by atoms with van der Waals surface area (Å²) in [6, 6.07) is 5.69. The molecule has 0 saturated carbocycles. The van der Waals surface area contributed by atoms with Gasteiger partial charge >= 0.3 is 0 Å². The molecular formula is C14H21ClN2O3S. The third kappa shape index (κ3) is 4.78. The number of benzene rings is 1. The maximum absolute atomic E-state index is 12.6. The van der Waals surface area contributed by atoms with Gasteiger partial charge in [0.15, 0.2) is 15.6 Å². The lowest BCUT2D eigenvalue weighted by Gasteiger charge is -2.20. The number of carbonyl (C=O) groups excluding carboxylic acids is 1. The minimum absolute atomic E-state index is 0.0267. The summed E-state index contributed by atoms with van der Waals surface area (Å²) in [6.07, 6.45) is 0.276. The molecule has 0 saturated heterocycles. The number of alkyl halides is 1. The summed E-state index contributed by atoms with van der Waals surface area (Å²) < 4.78 is 25.2. The van der Waals surface area contributed by atoms with Crippen LogP contribution in [0.5, 0.6) is 0 Å². The second-order valence-electron chi connectivity index (χ2n) is 5.00. The van der Waals surface area contributed by atoms with E-state index in [0.717, 1.165) is 5.56 Å². The molecule has 0 aliphatic carbocycles. The molecule has 0 aliphatic rings. The van der Waals surface area contributed by atoms with Crippen LogP contribution >= 0.6 is 11.6 Å². The minimum atomic E-state index is -3.57. The molecule has 5 nitrogen and oxygen atoms in total. The van der Waals surface area contributed by atoms with E-state index in [2.05, 4.69) is 0 Å². The van der Waals surface area contributed by atoms with Gasteiger partial charge in [-0.2, -0.15) is 0 Å². The van der Waals surface area contributed by atoms with Crippen molar-refractivity contribution in [2.24, 2.45) is 11.5 Å². The summed E-state index contributed by atoms with van der Waals surface area (Å²) in [6.45, 7) is 2.08. The number of aryl methyl sites for hydroxylation is 1. The van der Waals surface area contributed by atoms with Crippen molar-refractivity contribution in [3.8, 4) is 0 Å². The average Bonchev–Trinajstić information content (AvgIpc) is 2.46. The zero-order valence-electron chi connectivity index (χ0n) is 12.0.